The van der Waals surface area contributed by atoms with Crippen LogP contribution >= 0.6 is 23.2 Å². The van der Waals surface area contributed by atoms with E-state index in [-0.39, 0.29) is 11.7 Å². The Morgan fingerprint density at radius 3 is 2.60 bits per heavy atom. The van der Waals surface area contributed by atoms with Gasteiger partial charge in [-0.3, -0.25) is 10.1 Å². The number of nitrogens with one attached hydrogen (secondary N) is 1. The van der Waals surface area contributed by atoms with Crippen LogP contribution in [0.5, 0.6) is 0 Å². The maximum atomic E-state index is 10.5. The minimum absolute atomic E-state index is 0.0484. The third kappa shape index (κ3) is 3.37. The molecule has 2 rings (SSSR count). The summed E-state index contributed by atoms with van der Waals surface area (Å²) in [5.41, 5.74) is 0.823. The van der Waals surface area contributed by atoms with E-state index in [4.69, 9.17) is 23.2 Å². The van der Waals surface area contributed by atoms with Crippen molar-refractivity contribution in [3.05, 3.63) is 62.3 Å². The van der Waals surface area contributed by atoms with Crippen molar-refractivity contribution >= 4 is 34.7 Å². The van der Waals surface area contributed by atoms with E-state index in [0.29, 0.717) is 15.9 Å². The molecule has 0 aliphatic heterocycles. The molecule has 1 heterocycles. The van der Waals surface area contributed by atoms with Gasteiger partial charge in [0.2, 0.25) is 0 Å². The largest absolute Gasteiger partial charge is 0.363 e. The molecular weight excluding hydrogens is 301 g/mol. The molecule has 0 aliphatic carbocycles. The highest BCUT2D eigenvalue weighted by Gasteiger charge is 2.11. The van der Waals surface area contributed by atoms with Gasteiger partial charge in [-0.1, -0.05) is 29.3 Å². The number of aromatic nitrogens is 1. The number of anilines is 1. The summed E-state index contributed by atoms with van der Waals surface area (Å²) in [7, 11) is 0. The molecule has 7 heteroatoms. The molecular formula is C13H11Cl2N3O2. The molecule has 0 saturated carbocycles. The number of hydrogen-bond donors (Lipinski definition) is 1. The van der Waals surface area contributed by atoms with Gasteiger partial charge in [-0.25, -0.2) is 4.98 Å². The second kappa shape index (κ2) is 6.07. The van der Waals surface area contributed by atoms with Gasteiger partial charge in [0.25, 0.3) is 5.69 Å². The molecule has 0 saturated heterocycles. The number of benzene rings is 1. The second-order valence-corrected chi connectivity index (χ2v) is 5.03. The zero-order chi connectivity index (χ0) is 14.7. The van der Waals surface area contributed by atoms with Gasteiger partial charge in [0.1, 0.15) is 12.0 Å². The Morgan fingerprint density at radius 1 is 1.30 bits per heavy atom. The first-order valence-electron chi connectivity index (χ1n) is 5.79. The van der Waals surface area contributed by atoms with Gasteiger partial charge < -0.3 is 5.32 Å². The molecule has 20 heavy (non-hydrogen) atoms. The molecule has 0 radical (unpaired) electrons. The third-order valence-electron chi connectivity index (χ3n) is 2.75. The fourth-order valence-electron chi connectivity index (χ4n) is 1.73. The van der Waals surface area contributed by atoms with Crippen molar-refractivity contribution in [1.29, 1.82) is 0 Å². The Morgan fingerprint density at radius 2 is 2.05 bits per heavy atom. The molecule has 1 N–H and O–H groups in total. The zero-order valence-corrected chi connectivity index (χ0v) is 12.0. The summed E-state index contributed by atoms with van der Waals surface area (Å²) in [6, 6.07) is 8.09. The normalized spacial score (nSPS) is 11.9. The lowest BCUT2D eigenvalue weighted by molar-refractivity contribution is -0.385. The Hall–Kier alpha value is -1.85. The van der Waals surface area contributed by atoms with Crippen LogP contribution in [0.15, 0.2) is 36.5 Å². The van der Waals surface area contributed by atoms with Gasteiger partial charge in [-0.2, -0.15) is 0 Å². The monoisotopic (exact) mass is 311 g/mol. The zero-order valence-electron chi connectivity index (χ0n) is 10.5. The maximum Gasteiger partial charge on any atom is 0.287 e. The summed E-state index contributed by atoms with van der Waals surface area (Å²) < 4.78 is 0. The van der Waals surface area contributed by atoms with Crippen LogP contribution in [0.25, 0.3) is 0 Å². The molecule has 0 spiro atoms. The van der Waals surface area contributed by atoms with Gasteiger partial charge in [0.15, 0.2) is 0 Å². The number of rotatable bonds is 4. The Labute approximate surface area is 125 Å². The molecule has 1 atom stereocenters. The van der Waals surface area contributed by atoms with E-state index in [1.165, 1.54) is 12.3 Å². The average molecular weight is 312 g/mol. The molecule has 0 fully saturated rings. The highest BCUT2D eigenvalue weighted by Crippen LogP contribution is 2.28. The quantitative estimate of drug-likeness (QED) is 0.668. The number of hydrogen-bond acceptors (Lipinski definition) is 4. The van der Waals surface area contributed by atoms with Gasteiger partial charge in [-0.05, 0) is 30.7 Å². The van der Waals surface area contributed by atoms with E-state index < -0.39 is 4.92 Å². The average Bonchev–Trinajstić information content (AvgIpc) is 2.39. The fraction of sp³-hybridized carbons (Fsp3) is 0.154. The van der Waals surface area contributed by atoms with Crippen molar-refractivity contribution in [2.45, 2.75) is 13.0 Å². The highest BCUT2D eigenvalue weighted by molar-refractivity contribution is 6.35. The number of halogens is 2. The first-order valence-corrected chi connectivity index (χ1v) is 6.55. The number of nitro groups is 1. The van der Waals surface area contributed by atoms with Crippen molar-refractivity contribution in [3.8, 4) is 0 Å². The Balaban J connectivity index is 2.14. The van der Waals surface area contributed by atoms with Crippen molar-refractivity contribution in [2.75, 3.05) is 5.32 Å². The van der Waals surface area contributed by atoms with E-state index in [9.17, 15) is 10.1 Å². The fourth-order valence-corrected chi connectivity index (χ4v) is 2.30. The number of nitrogens with zero attached hydrogens (tertiary/aromatic N) is 2. The van der Waals surface area contributed by atoms with Gasteiger partial charge in [0, 0.05) is 16.1 Å². The third-order valence-corrected chi connectivity index (χ3v) is 3.31. The van der Waals surface area contributed by atoms with E-state index in [2.05, 4.69) is 10.3 Å². The smallest absolute Gasteiger partial charge is 0.287 e. The van der Waals surface area contributed by atoms with Crippen LogP contribution in [0.1, 0.15) is 18.5 Å². The SMILES string of the molecule is C[C@H](Nc1ccc([N+](=O)[O-])cn1)c1ccc(Cl)cc1Cl. The van der Waals surface area contributed by atoms with E-state index in [0.717, 1.165) is 5.56 Å². The van der Waals surface area contributed by atoms with Crippen LogP contribution in [-0.4, -0.2) is 9.91 Å². The molecule has 0 aliphatic rings. The van der Waals surface area contributed by atoms with Crippen molar-refractivity contribution < 1.29 is 4.92 Å². The van der Waals surface area contributed by atoms with Crippen LogP contribution in [-0.2, 0) is 0 Å². The molecule has 1 aromatic carbocycles. The van der Waals surface area contributed by atoms with Crippen molar-refractivity contribution in [2.24, 2.45) is 0 Å². The summed E-state index contributed by atoms with van der Waals surface area (Å²) in [4.78, 5) is 14.0. The topological polar surface area (TPSA) is 68.1 Å². The maximum absolute atomic E-state index is 10.5. The predicted octanol–water partition coefficient (Wildman–Crippen LogP) is 4.47. The molecule has 0 bridgehead atoms. The first-order chi connectivity index (χ1) is 9.47. The molecule has 104 valence electrons. The second-order valence-electron chi connectivity index (χ2n) is 4.19. The lowest BCUT2D eigenvalue weighted by Gasteiger charge is -2.16. The van der Waals surface area contributed by atoms with Crippen molar-refractivity contribution in [1.82, 2.24) is 4.98 Å². The molecule has 2 aromatic rings. The molecule has 1 aromatic heterocycles. The van der Waals surface area contributed by atoms with Crippen LogP contribution in [0.2, 0.25) is 10.0 Å². The summed E-state index contributed by atoms with van der Waals surface area (Å²) in [5, 5.41) is 14.8. The molecule has 0 unspecified atom stereocenters. The lowest BCUT2D eigenvalue weighted by atomic mass is 10.1. The van der Waals surface area contributed by atoms with Gasteiger partial charge >= 0.3 is 0 Å². The minimum atomic E-state index is -0.490. The van der Waals surface area contributed by atoms with E-state index in [1.54, 1.807) is 18.2 Å². The van der Waals surface area contributed by atoms with Crippen LogP contribution < -0.4 is 5.32 Å². The Kier molecular flexibility index (Phi) is 4.42. The number of pyridine rings is 1. The van der Waals surface area contributed by atoms with E-state index >= 15 is 0 Å². The molecule has 5 nitrogen and oxygen atoms in total. The summed E-state index contributed by atoms with van der Waals surface area (Å²) >= 11 is 12.0. The lowest BCUT2D eigenvalue weighted by Crippen LogP contribution is -2.08. The summed E-state index contributed by atoms with van der Waals surface area (Å²) in [6.45, 7) is 1.91. The van der Waals surface area contributed by atoms with Crippen LogP contribution in [0, 0.1) is 10.1 Å². The predicted molar refractivity (Wildman–Crippen MR) is 79.4 cm³/mol. The van der Waals surface area contributed by atoms with Crippen molar-refractivity contribution in [3.63, 3.8) is 0 Å². The van der Waals surface area contributed by atoms with E-state index in [1.807, 2.05) is 13.0 Å². The molecule has 0 amide bonds. The van der Waals surface area contributed by atoms with Crippen LogP contribution in [0.4, 0.5) is 11.5 Å². The van der Waals surface area contributed by atoms with Crippen LogP contribution in [0.3, 0.4) is 0 Å². The van der Waals surface area contributed by atoms with Gasteiger partial charge in [0.05, 0.1) is 11.0 Å². The van der Waals surface area contributed by atoms with Gasteiger partial charge in [-0.15, -0.1) is 0 Å². The highest BCUT2D eigenvalue weighted by atomic mass is 35.5. The summed E-state index contributed by atoms with van der Waals surface area (Å²) in [5.74, 6) is 0.536. The first kappa shape index (κ1) is 14.6. The minimum Gasteiger partial charge on any atom is -0.363 e. The summed E-state index contributed by atoms with van der Waals surface area (Å²) in [6.07, 6.45) is 1.21. The Bertz CT molecular complexity index is 632. The standard InChI is InChI=1S/C13H11Cl2N3O2/c1-8(11-4-2-9(14)6-12(11)15)17-13-5-3-10(7-16-13)18(19)20/h2-8H,1H3,(H,16,17)/t8-/m0/s1.